The van der Waals surface area contributed by atoms with Gasteiger partial charge in [0.25, 0.3) is 5.91 Å². The summed E-state index contributed by atoms with van der Waals surface area (Å²) in [5, 5.41) is 22.7. The molecule has 5 rings (SSSR count). The maximum absolute atomic E-state index is 12.3. The third kappa shape index (κ3) is 2.49. The number of hydrogen-bond donors (Lipinski definition) is 2. The number of aromatic nitrogens is 4. The van der Waals surface area contributed by atoms with Gasteiger partial charge in [-0.05, 0) is 12.1 Å². The molecule has 0 saturated carbocycles. The number of fused-ring (bicyclic) bond motifs is 1. The van der Waals surface area contributed by atoms with Crippen molar-refractivity contribution in [1.29, 1.82) is 0 Å². The summed E-state index contributed by atoms with van der Waals surface area (Å²) in [5.41, 5.74) is 2.33. The molecular formula is C20H17N5O3. The van der Waals surface area contributed by atoms with Crippen LogP contribution in [-0.2, 0) is 10.4 Å². The number of aliphatic hydroxyl groups is 1. The number of H-pyrrole nitrogens is 1. The third-order valence-electron chi connectivity index (χ3n) is 5.20. The normalized spacial score (nSPS) is 19.6. The van der Waals surface area contributed by atoms with Crippen molar-refractivity contribution in [3.05, 3.63) is 54.6 Å². The SMILES string of the molecule is CN1CCC(O)(c2cc(-c3cccc(-c4cc5[nH]ncc5cn4)c3)no2)C1=O. The average molecular weight is 375 g/mol. The van der Waals surface area contributed by atoms with E-state index in [1.165, 1.54) is 4.90 Å². The van der Waals surface area contributed by atoms with Gasteiger partial charge in [-0.25, -0.2) is 0 Å². The molecule has 2 N–H and O–H groups in total. The van der Waals surface area contributed by atoms with E-state index in [1.807, 2.05) is 30.3 Å². The van der Waals surface area contributed by atoms with E-state index in [1.54, 1.807) is 25.5 Å². The lowest BCUT2D eigenvalue weighted by atomic mass is 9.97. The molecule has 0 aliphatic carbocycles. The molecule has 8 nitrogen and oxygen atoms in total. The zero-order valence-corrected chi connectivity index (χ0v) is 15.1. The van der Waals surface area contributed by atoms with Gasteiger partial charge in [0, 0.05) is 48.8 Å². The van der Waals surface area contributed by atoms with Gasteiger partial charge >= 0.3 is 0 Å². The summed E-state index contributed by atoms with van der Waals surface area (Å²) in [6.45, 7) is 0.475. The Kier molecular flexibility index (Phi) is 3.56. The third-order valence-corrected chi connectivity index (χ3v) is 5.20. The van der Waals surface area contributed by atoms with Crippen LogP contribution < -0.4 is 0 Å². The zero-order valence-electron chi connectivity index (χ0n) is 15.1. The van der Waals surface area contributed by atoms with Gasteiger partial charge in [0.15, 0.2) is 5.76 Å². The van der Waals surface area contributed by atoms with E-state index >= 15 is 0 Å². The van der Waals surface area contributed by atoms with E-state index in [4.69, 9.17) is 4.52 Å². The lowest BCUT2D eigenvalue weighted by Crippen LogP contribution is -2.35. The lowest BCUT2D eigenvalue weighted by Gasteiger charge is -2.16. The van der Waals surface area contributed by atoms with Crippen LogP contribution in [-0.4, -0.2) is 49.8 Å². The first-order valence-electron chi connectivity index (χ1n) is 8.90. The van der Waals surface area contributed by atoms with Gasteiger partial charge in [-0.2, -0.15) is 5.10 Å². The van der Waals surface area contributed by atoms with E-state index in [2.05, 4.69) is 20.3 Å². The van der Waals surface area contributed by atoms with Crippen molar-refractivity contribution in [2.24, 2.45) is 0 Å². The highest BCUT2D eigenvalue weighted by molar-refractivity contribution is 5.88. The lowest BCUT2D eigenvalue weighted by molar-refractivity contribution is -0.144. The molecule has 1 fully saturated rings. The number of carbonyl (C=O) groups excluding carboxylic acids is 1. The van der Waals surface area contributed by atoms with E-state index in [-0.39, 0.29) is 18.1 Å². The van der Waals surface area contributed by atoms with Crippen LogP contribution in [0.4, 0.5) is 0 Å². The van der Waals surface area contributed by atoms with E-state index < -0.39 is 5.60 Å². The van der Waals surface area contributed by atoms with Crippen molar-refractivity contribution in [3.63, 3.8) is 0 Å². The van der Waals surface area contributed by atoms with Crippen LogP contribution >= 0.6 is 0 Å². The monoisotopic (exact) mass is 375 g/mol. The Hall–Kier alpha value is -3.52. The van der Waals surface area contributed by atoms with Gasteiger partial charge in [-0.1, -0.05) is 23.4 Å². The van der Waals surface area contributed by atoms with Gasteiger partial charge in [-0.15, -0.1) is 0 Å². The van der Waals surface area contributed by atoms with Crippen molar-refractivity contribution in [2.75, 3.05) is 13.6 Å². The summed E-state index contributed by atoms with van der Waals surface area (Å²) in [6.07, 6.45) is 3.78. The Morgan fingerprint density at radius 2 is 2.00 bits per heavy atom. The predicted octanol–water partition coefficient (Wildman–Crippen LogP) is 2.33. The van der Waals surface area contributed by atoms with E-state index in [9.17, 15) is 9.90 Å². The van der Waals surface area contributed by atoms with Crippen molar-refractivity contribution >= 4 is 16.8 Å². The minimum absolute atomic E-state index is 0.166. The summed E-state index contributed by atoms with van der Waals surface area (Å²) < 4.78 is 5.34. The van der Waals surface area contributed by atoms with Gasteiger partial charge in [0.05, 0.1) is 17.4 Å². The van der Waals surface area contributed by atoms with Crippen molar-refractivity contribution in [3.8, 4) is 22.5 Å². The van der Waals surface area contributed by atoms with Gasteiger partial charge in [0.1, 0.15) is 5.69 Å². The molecule has 4 aromatic rings. The number of amides is 1. The molecule has 0 bridgehead atoms. The number of likely N-dealkylation sites (tertiary alicyclic amines) is 1. The number of nitrogens with one attached hydrogen (secondary N) is 1. The topological polar surface area (TPSA) is 108 Å². The first-order chi connectivity index (χ1) is 13.5. The molecule has 28 heavy (non-hydrogen) atoms. The van der Waals surface area contributed by atoms with Crippen LogP contribution in [0.1, 0.15) is 12.2 Å². The summed E-state index contributed by atoms with van der Waals surface area (Å²) in [6, 6.07) is 11.3. The van der Waals surface area contributed by atoms with E-state index in [0.29, 0.717) is 12.2 Å². The highest BCUT2D eigenvalue weighted by atomic mass is 16.5. The van der Waals surface area contributed by atoms with Crippen molar-refractivity contribution < 1.29 is 14.4 Å². The molecule has 3 aromatic heterocycles. The Bertz CT molecular complexity index is 1200. The number of likely N-dealkylation sites (N-methyl/N-ethyl adjacent to an activating group) is 1. The number of rotatable bonds is 3. The molecule has 1 atom stereocenters. The molecule has 1 amide bonds. The number of benzene rings is 1. The minimum Gasteiger partial charge on any atom is -0.373 e. The Balaban J connectivity index is 1.50. The fraction of sp³-hybridized carbons (Fsp3) is 0.200. The Labute approximate surface area is 159 Å². The second kappa shape index (κ2) is 6.00. The molecule has 4 heterocycles. The van der Waals surface area contributed by atoms with Crippen LogP contribution in [0.25, 0.3) is 33.4 Å². The molecule has 1 saturated heterocycles. The summed E-state index contributed by atoms with van der Waals surface area (Å²) in [7, 11) is 1.66. The highest BCUT2D eigenvalue weighted by Gasteiger charge is 2.48. The maximum Gasteiger partial charge on any atom is 0.262 e. The van der Waals surface area contributed by atoms with Crippen LogP contribution in [0.3, 0.4) is 0 Å². The molecule has 8 heteroatoms. The van der Waals surface area contributed by atoms with Crippen LogP contribution in [0.2, 0.25) is 0 Å². The Morgan fingerprint density at radius 3 is 2.79 bits per heavy atom. The second-order valence-electron chi connectivity index (χ2n) is 7.02. The minimum atomic E-state index is -1.65. The number of carbonyl (C=O) groups is 1. The van der Waals surface area contributed by atoms with Gasteiger partial charge in [-0.3, -0.25) is 14.9 Å². The molecular weight excluding hydrogens is 358 g/mol. The first-order valence-corrected chi connectivity index (χ1v) is 8.90. The molecule has 1 aliphatic heterocycles. The molecule has 140 valence electrons. The van der Waals surface area contributed by atoms with Crippen molar-refractivity contribution in [1.82, 2.24) is 25.2 Å². The number of pyridine rings is 1. The quantitative estimate of drug-likeness (QED) is 0.569. The van der Waals surface area contributed by atoms with E-state index in [0.717, 1.165) is 27.7 Å². The predicted molar refractivity (Wildman–Crippen MR) is 101 cm³/mol. The summed E-state index contributed by atoms with van der Waals surface area (Å²) in [4.78, 5) is 18.2. The smallest absolute Gasteiger partial charge is 0.262 e. The standard InChI is InChI=1S/C20H17N5O3/c1-25-6-5-20(27,19(25)26)18-9-17(24-28-18)13-4-2-3-12(7-13)15-8-16-14(10-21-15)11-22-23-16/h2-4,7-11,27H,5-6H2,1H3,(H,22,23). The molecule has 1 aliphatic rings. The first kappa shape index (κ1) is 16.6. The van der Waals surface area contributed by atoms with Gasteiger partial charge in [0.2, 0.25) is 5.60 Å². The fourth-order valence-corrected chi connectivity index (χ4v) is 3.52. The van der Waals surface area contributed by atoms with Gasteiger partial charge < -0.3 is 14.5 Å². The van der Waals surface area contributed by atoms with Crippen LogP contribution in [0.5, 0.6) is 0 Å². The fourth-order valence-electron chi connectivity index (χ4n) is 3.52. The molecule has 1 aromatic carbocycles. The zero-order chi connectivity index (χ0) is 19.3. The van der Waals surface area contributed by atoms with Crippen LogP contribution in [0, 0.1) is 0 Å². The number of hydrogen-bond acceptors (Lipinski definition) is 6. The number of aromatic amines is 1. The maximum atomic E-state index is 12.3. The summed E-state index contributed by atoms with van der Waals surface area (Å²) >= 11 is 0. The Morgan fingerprint density at radius 1 is 1.18 bits per heavy atom. The second-order valence-corrected chi connectivity index (χ2v) is 7.02. The highest BCUT2D eigenvalue weighted by Crippen LogP contribution is 2.35. The molecule has 0 radical (unpaired) electrons. The van der Waals surface area contributed by atoms with Crippen LogP contribution in [0.15, 0.2) is 53.3 Å². The average Bonchev–Trinajstić information content (AvgIpc) is 3.45. The van der Waals surface area contributed by atoms with Crippen molar-refractivity contribution in [2.45, 2.75) is 12.0 Å². The largest absolute Gasteiger partial charge is 0.373 e. The molecule has 0 spiro atoms. The molecule has 1 unspecified atom stereocenters. The number of nitrogens with zero attached hydrogens (tertiary/aromatic N) is 4. The summed E-state index contributed by atoms with van der Waals surface area (Å²) in [5.74, 6) is -0.208.